The largest absolute Gasteiger partial charge is 0.348 e. The van der Waals surface area contributed by atoms with Crippen LogP contribution in [0.4, 0.5) is 0 Å². The molecule has 0 radical (unpaired) electrons. The SMILES string of the molecule is C=CCn1c(S[C@H](C)C(=O)N(C)C)nc2scc(-c3ccc(C)cc3)c2c1=O. The molecule has 0 saturated carbocycles. The molecule has 0 saturated heterocycles. The first-order valence-corrected chi connectivity index (χ1v) is 10.7. The molecule has 0 aliphatic carbocycles. The van der Waals surface area contributed by atoms with Crippen molar-refractivity contribution in [3.05, 3.63) is 58.2 Å². The molecule has 146 valence electrons. The molecule has 0 bridgehead atoms. The number of carbonyl (C=O) groups excluding carboxylic acids is 1. The van der Waals surface area contributed by atoms with E-state index >= 15 is 0 Å². The van der Waals surface area contributed by atoms with Gasteiger partial charge in [0.15, 0.2) is 5.16 Å². The molecule has 3 rings (SSSR count). The lowest BCUT2D eigenvalue weighted by Crippen LogP contribution is -2.31. The summed E-state index contributed by atoms with van der Waals surface area (Å²) in [7, 11) is 3.44. The first-order valence-electron chi connectivity index (χ1n) is 8.91. The van der Waals surface area contributed by atoms with Gasteiger partial charge in [0, 0.05) is 31.6 Å². The minimum Gasteiger partial charge on any atom is -0.348 e. The average molecular weight is 414 g/mol. The molecule has 0 unspecified atom stereocenters. The van der Waals surface area contributed by atoms with Crippen molar-refractivity contribution in [3.63, 3.8) is 0 Å². The Bertz CT molecular complexity index is 1080. The molecule has 7 heteroatoms. The summed E-state index contributed by atoms with van der Waals surface area (Å²) in [5.41, 5.74) is 2.96. The number of aryl methyl sites for hydroxylation is 1. The molecule has 0 aliphatic heterocycles. The third-order valence-electron chi connectivity index (χ3n) is 4.40. The number of nitrogens with zero attached hydrogens (tertiary/aromatic N) is 3. The summed E-state index contributed by atoms with van der Waals surface area (Å²) in [6.07, 6.45) is 1.68. The van der Waals surface area contributed by atoms with Gasteiger partial charge in [-0.15, -0.1) is 17.9 Å². The average Bonchev–Trinajstić information content (AvgIpc) is 3.08. The molecule has 1 amide bonds. The molecule has 1 aromatic carbocycles. The van der Waals surface area contributed by atoms with Crippen molar-refractivity contribution in [3.8, 4) is 11.1 Å². The molecule has 0 spiro atoms. The zero-order valence-electron chi connectivity index (χ0n) is 16.4. The van der Waals surface area contributed by atoms with E-state index in [4.69, 9.17) is 4.98 Å². The fourth-order valence-corrected chi connectivity index (χ4v) is 4.96. The Hall–Kier alpha value is -2.38. The number of thiophene rings is 1. The molecule has 28 heavy (non-hydrogen) atoms. The number of amides is 1. The summed E-state index contributed by atoms with van der Waals surface area (Å²) in [5.74, 6) is -0.0176. The van der Waals surface area contributed by atoms with Crippen LogP contribution in [0.5, 0.6) is 0 Å². The molecule has 2 heterocycles. The number of hydrogen-bond acceptors (Lipinski definition) is 5. The van der Waals surface area contributed by atoms with Gasteiger partial charge in [0.2, 0.25) is 5.91 Å². The van der Waals surface area contributed by atoms with Gasteiger partial charge in [0.05, 0.1) is 10.6 Å². The molecular formula is C21H23N3O2S2. The van der Waals surface area contributed by atoms with Crippen LogP contribution in [-0.2, 0) is 11.3 Å². The van der Waals surface area contributed by atoms with Gasteiger partial charge in [-0.2, -0.15) is 0 Å². The Morgan fingerprint density at radius 1 is 1.36 bits per heavy atom. The second-order valence-electron chi connectivity index (χ2n) is 6.79. The van der Waals surface area contributed by atoms with Crippen molar-refractivity contribution in [2.75, 3.05) is 14.1 Å². The van der Waals surface area contributed by atoms with Crippen molar-refractivity contribution < 1.29 is 4.79 Å². The molecule has 2 aromatic heterocycles. The van der Waals surface area contributed by atoms with Crippen molar-refractivity contribution in [2.45, 2.75) is 30.8 Å². The smallest absolute Gasteiger partial charge is 0.263 e. The van der Waals surface area contributed by atoms with Crippen LogP contribution >= 0.6 is 23.1 Å². The normalized spacial score (nSPS) is 12.1. The summed E-state index contributed by atoms with van der Waals surface area (Å²) < 4.78 is 1.60. The number of benzene rings is 1. The van der Waals surface area contributed by atoms with Crippen molar-refractivity contribution >= 4 is 39.2 Å². The Balaban J connectivity index is 2.13. The van der Waals surface area contributed by atoms with Gasteiger partial charge >= 0.3 is 0 Å². The maximum absolute atomic E-state index is 13.3. The van der Waals surface area contributed by atoms with E-state index in [1.54, 1.807) is 29.6 Å². The summed E-state index contributed by atoms with van der Waals surface area (Å²) in [6.45, 7) is 7.98. The maximum atomic E-state index is 13.3. The summed E-state index contributed by atoms with van der Waals surface area (Å²) in [6, 6.07) is 8.11. The van der Waals surface area contributed by atoms with Gasteiger partial charge in [-0.3, -0.25) is 14.2 Å². The van der Waals surface area contributed by atoms with Gasteiger partial charge in [0.25, 0.3) is 5.56 Å². The van der Waals surface area contributed by atoms with Crippen LogP contribution in [0.25, 0.3) is 21.3 Å². The fourth-order valence-electron chi connectivity index (χ4n) is 2.90. The quantitative estimate of drug-likeness (QED) is 0.345. The predicted octanol–water partition coefficient (Wildman–Crippen LogP) is 4.19. The number of fused-ring (bicyclic) bond motifs is 1. The first-order chi connectivity index (χ1) is 13.3. The lowest BCUT2D eigenvalue weighted by atomic mass is 10.1. The molecular weight excluding hydrogens is 390 g/mol. The standard InChI is InChI=1S/C21H23N3O2S2/c1-6-11-24-20(26)17-16(15-9-7-13(2)8-10-15)12-27-18(17)22-21(24)28-14(3)19(25)23(4)5/h6-10,12,14H,1,11H2,2-5H3/t14-/m1/s1. The minimum absolute atomic E-state index is 0.0176. The number of rotatable bonds is 6. The van der Waals surface area contributed by atoms with Crippen LogP contribution in [0, 0.1) is 6.92 Å². The molecule has 0 N–H and O–H groups in total. The van der Waals surface area contributed by atoms with Crippen molar-refractivity contribution in [1.29, 1.82) is 0 Å². The first kappa shape index (κ1) is 20.4. The zero-order valence-corrected chi connectivity index (χ0v) is 18.1. The summed E-state index contributed by atoms with van der Waals surface area (Å²) in [5, 5.41) is 2.79. The Morgan fingerprint density at radius 3 is 2.64 bits per heavy atom. The van der Waals surface area contributed by atoms with Crippen molar-refractivity contribution in [1.82, 2.24) is 14.5 Å². The van der Waals surface area contributed by atoms with Gasteiger partial charge in [-0.1, -0.05) is 47.7 Å². The second kappa shape index (κ2) is 8.32. The molecule has 1 atom stereocenters. The Labute approximate surface area is 172 Å². The van der Waals surface area contributed by atoms with E-state index in [1.807, 2.05) is 43.5 Å². The lowest BCUT2D eigenvalue weighted by molar-refractivity contribution is -0.127. The van der Waals surface area contributed by atoms with Crippen molar-refractivity contribution in [2.24, 2.45) is 0 Å². The number of aromatic nitrogens is 2. The maximum Gasteiger partial charge on any atom is 0.263 e. The van der Waals surface area contributed by atoms with Gasteiger partial charge in [-0.05, 0) is 19.4 Å². The van der Waals surface area contributed by atoms with E-state index < -0.39 is 0 Å². The topological polar surface area (TPSA) is 55.2 Å². The highest BCUT2D eigenvalue weighted by Gasteiger charge is 2.22. The lowest BCUT2D eigenvalue weighted by Gasteiger charge is -2.17. The van der Waals surface area contributed by atoms with Gasteiger partial charge < -0.3 is 4.90 Å². The van der Waals surface area contributed by atoms with E-state index in [2.05, 4.69) is 6.58 Å². The van der Waals surface area contributed by atoms with Crippen LogP contribution < -0.4 is 5.56 Å². The van der Waals surface area contributed by atoms with E-state index in [9.17, 15) is 9.59 Å². The Kier molecular flexibility index (Phi) is 6.05. The number of hydrogen-bond donors (Lipinski definition) is 0. The van der Waals surface area contributed by atoms with E-state index in [0.29, 0.717) is 21.9 Å². The fraction of sp³-hybridized carbons (Fsp3) is 0.286. The Morgan fingerprint density at radius 2 is 2.04 bits per heavy atom. The van der Waals surface area contributed by atoms with Crippen LogP contribution in [0.15, 0.2) is 52.3 Å². The molecule has 5 nitrogen and oxygen atoms in total. The van der Waals surface area contributed by atoms with E-state index in [-0.39, 0.29) is 16.7 Å². The van der Waals surface area contributed by atoms with Crippen LogP contribution in [0.3, 0.4) is 0 Å². The third-order valence-corrected chi connectivity index (χ3v) is 6.35. The molecule has 0 fully saturated rings. The summed E-state index contributed by atoms with van der Waals surface area (Å²) >= 11 is 2.75. The third kappa shape index (κ3) is 3.91. The predicted molar refractivity (Wildman–Crippen MR) is 118 cm³/mol. The number of allylic oxidation sites excluding steroid dienone is 1. The van der Waals surface area contributed by atoms with Crippen LogP contribution in [0.1, 0.15) is 12.5 Å². The second-order valence-corrected chi connectivity index (χ2v) is 8.95. The number of carbonyl (C=O) groups is 1. The van der Waals surface area contributed by atoms with Gasteiger partial charge in [-0.25, -0.2) is 4.98 Å². The van der Waals surface area contributed by atoms with Gasteiger partial charge in [0.1, 0.15) is 4.83 Å². The summed E-state index contributed by atoms with van der Waals surface area (Å²) in [4.78, 5) is 32.5. The van der Waals surface area contributed by atoms with Crippen LogP contribution in [-0.4, -0.2) is 39.7 Å². The zero-order chi connectivity index (χ0) is 20.4. The van der Waals surface area contributed by atoms with Crippen LogP contribution in [0.2, 0.25) is 0 Å². The highest BCUT2D eigenvalue weighted by Crippen LogP contribution is 2.33. The molecule has 0 aliphatic rings. The number of thioether (sulfide) groups is 1. The minimum atomic E-state index is -0.341. The monoisotopic (exact) mass is 413 g/mol. The molecule has 3 aromatic rings. The highest BCUT2D eigenvalue weighted by atomic mass is 32.2. The highest BCUT2D eigenvalue weighted by molar-refractivity contribution is 8.00. The van der Waals surface area contributed by atoms with E-state index in [1.165, 1.54) is 28.7 Å². The van der Waals surface area contributed by atoms with E-state index in [0.717, 1.165) is 11.1 Å².